The summed E-state index contributed by atoms with van der Waals surface area (Å²) in [6.07, 6.45) is 0. The third kappa shape index (κ3) is 1.86. The Balaban J connectivity index is 2.34. The van der Waals surface area contributed by atoms with E-state index < -0.39 is 11.1 Å². The second-order valence-electron chi connectivity index (χ2n) is 3.93. The number of nitrogens with two attached hydrogens (primary N) is 1. The van der Waals surface area contributed by atoms with Crippen LogP contribution in [0, 0.1) is 0 Å². The fourth-order valence-electron chi connectivity index (χ4n) is 1.74. The molecule has 0 atom stereocenters. The summed E-state index contributed by atoms with van der Waals surface area (Å²) in [5.74, 6) is 0.491. The van der Waals surface area contributed by atoms with Gasteiger partial charge in [0.25, 0.3) is 0 Å². The summed E-state index contributed by atoms with van der Waals surface area (Å²) < 4.78 is 0. The summed E-state index contributed by atoms with van der Waals surface area (Å²) in [5, 5.41) is 0. The molecule has 0 aliphatic carbocycles. The molecule has 0 aliphatic rings. The first-order valence-corrected chi connectivity index (χ1v) is 5.50. The number of nitrogens with zero attached hydrogens (tertiary/aromatic N) is 2. The van der Waals surface area contributed by atoms with E-state index in [1.54, 1.807) is 0 Å². The molecule has 2 heterocycles. The van der Waals surface area contributed by atoms with E-state index >= 15 is 0 Å². The van der Waals surface area contributed by atoms with Crippen molar-refractivity contribution in [3.8, 4) is 11.4 Å². The second-order valence-corrected chi connectivity index (χ2v) is 3.93. The van der Waals surface area contributed by atoms with E-state index in [9.17, 15) is 9.59 Å². The van der Waals surface area contributed by atoms with Crippen molar-refractivity contribution in [1.29, 1.82) is 0 Å². The van der Waals surface area contributed by atoms with Crippen LogP contribution in [0.5, 0.6) is 0 Å². The number of hydrogen-bond acceptors (Lipinski definition) is 5. The lowest BCUT2D eigenvalue weighted by atomic mass is 10.2. The van der Waals surface area contributed by atoms with Gasteiger partial charge in [0.1, 0.15) is 5.52 Å². The maximum atomic E-state index is 11.3. The van der Waals surface area contributed by atoms with Crippen molar-refractivity contribution in [2.45, 2.75) is 0 Å². The average Bonchev–Trinajstić information content (AvgIpc) is 2.42. The molecule has 3 aromatic rings. The minimum Gasteiger partial charge on any atom is -0.382 e. The fourth-order valence-corrected chi connectivity index (χ4v) is 1.74. The predicted molar refractivity (Wildman–Crippen MR) is 70.6 cm³/mol. The van der Waals surface area contributed by atoms with Crippen molar-refractivity contribution in [2.24, 2.45) is 0 Å². The molecular weight excluding hydrogens is 246 g/mol. The molecule has 0 radical (unpaired) electrons. The van der Waals surface area contributed by atoms with Gasteiger partial charge in [0.05, 0.1) is 0 Å². The number of nitrogen functional groups attached to an aromatic ring is 1. The largest absolute Gasteiger partial charge is 0.382 e. The maximum Gasteiger partial charge on any atom is 0.315 e. The molecule has 0 fully saturated rings. The van der Waals surface area contributed by atoms with Gasteiger partial charge in [-0.1, -0.05) is 30.3 Å². The van der Waals surface area contributed by atoms with Crippen molar-refractivity contribution >= 4 is 17.0 Å². The Kier molecular flexibility index (Phi) is 2.38. The quantitative estimate of drug-likeness (QED) is 0.539. The molecule has 0 aliphatic heterocycles. The van der Waals surface area contributed by atoms with Crippen molar-refractivity contribution in [3.05, 3.63) is 51.0 Å². The van der Waals surface area contributed by atoms with E-state index in [0.29, 0.717) is 5.82 Å². The lowest BCUT2D eigenvalue weighted by Gasteiger charge is -2.04. The van der Waals surface area contributed by atoms with Crippen LogP contribution in [-0.4, -0.2) is 19.9 Å². The summed E-state index contributed by atoms with van der Waals surface area (Å²) in [7, 11) is 0. The molecule has 94 valence electrons. The summed E-state index contributed by atoms with van der Waals surface area (Å²) in [6.45, 7) is 0. The smallest absolute Gasteiger partial charge is 0.315 e. The monoisotopic (exact) mass is 255 g/mol. The highest BCUT2D eigenvalue weighted by Gasteiger charge is 2.09. The average molecular weight is 255 g/mol. The van der Waals surface area contributed by atoms with Crippen LogP contribution in [0.15, 0.2) is 39.9 Å². The van der Waals surface area contributed by atoms with Crippen molar-refractivity contribution < 1.29 is 0 Å². The Morgan fingerprint density at radius 2 is 1.63 bits per heavy atom. The van der Waals surface area contributed by atoms with Crippen LogP contribution in [0.1, 0.15) is 0 Å². The van der Waals surface area contributed by atoms with Gasteiger partial charge in [-0.3, -0.25) is 9.59 Å². The number of aromatic nitrogens is 4. The standard InChI is InChI=1S/C12H9N5O2/c13-8-7-10(17-12(19)11(18)14-7)16-9(15-8)6-4-2-1-3-5-6/h1-5H,(H,14,18)(H3,13,15,16,17,19). The molecule has 0 bridgehead atoms. The van der Waals surface area contributed by atoms with Gasteiger partial charge >= 0.3 is 11.1 Å². The SMILES string of the molecule is Nc1nc(-c2ccccc2)nc2[nH]c(=O)c(=O)[nH]c12. The van der Waals surface area contributed by atoms with Crippen LogP contribution in [0.4, 0.5) is 5.82 Å². The van der Waals surface area contributed by atoms with Crippen molar-refractivity contribution in [2.75, 3.05) is 5.73 Å². The van der Waals surface area contributed by atoms with Crippen molar-refractivity contribution in [1.82, 2.24) is 19.9 Å². The van der Waals surface area contributed by atoms with Gasteiger partial charge in [0.2, 0.25) is 0 Å². The first-order valence-electron chi connectivity index (χ1n) is 5.50. The number of rotatable bonds is 1. The minimum atomic E-state index is -0.782. The molecule has 7 heteroatoms. The molecular formula is C12H9N5O2. The molecule has 0 saturated heterocycles. The van der Waals surface area contributed by atoms with Gasteiger partial charge in [0.15, 0.2) is 17.3 Å². The highest BCUT2D eigenvalue weighted by molar-refractivity contribution is 5.82. The Morgan fingerprint density at radius 3 is 2.37 bits per heavy atom. The van der Waals surface area contributed by atoms with Gasteiger partial charge in [-0.15, -0.1) is 0 Å². The third-order valence-electron chi connectivity index (χ3n) is 2.65. The molecule has 0 unspecified atom stereocenters. The zero-order valence-electron chi connectivity index (χ0n) is 9.68. The van der Waals surface area contributed by atoms with Gasteiger partial charge in [0, 0.05) is 5.56 Å². The van der Waals surface area contributed by atoms with Crippen LogP contribution in [0.25, 0.3) is 22.6 Å². The number of benzene rings is 1. The molecule has 3 rings (SSSR count). The summed E-state index contributed by atoms with van der Waals surface area (Å²) in [4.78, 5) is 35.6. The highest BCUT2D eigenvalue weighted by Crippen LogP contribution is 2.18. The van der Waals surface area contributed by atoms with E-state index in [-0.39, 0.29) is 17.0 Å². The number of anilines is 1. The van der Waals surface area contributed by atoms with E-state index in [1.165, 1.54) is 0 Å². The molecule has 7 nitrogen and oxygen atoms in total. The predicted octanol–water partition coefficient (Wildman–Crippen LogP) is 0.256. The molecule has 4 N–H and O–H groups in total. The summed E-state index contributed by atoms with van der Waals surface area (Å²) >= 11 is 0. The molecule has 1 aromatic carbocycles. The lowest BCUT2D eigenvalue weighted by Crippen LogP contribution is -2.29. The highest BCUT2D eigenvalue weighted by atomic mass is 16.2. The molecule has 19 heavy (non-hydrogen) atoms. The normalized spacial score (nSPS) is 10.7. The first kappa shape index (κ1) is 11.1. The molecule has 0 spiro atoms. The van der Waals surface area contributed by atoms with E-state index in [1.807, 2.05) is 30.3 Å². The Hall–Kier alpha value is -2.96. The Labute approximate surface area is 106 Å². The number of H-pyrrole nitrogens is 2. The van der Waals surface area contributed by atoms with Crippen LogP contribution in [-0.2, 0) is 0 Å². The lowest BCUT2D eigenvalue weighted by molar-refractivity contribution is 1.09. The van der Waals surface area contributed by atoms with Crippen LogP contribution < -0.4 is 16.9 Å². The van der Waals surface area contributed by atoms with E-state index in [0.717, 1.165) is 5.56 Å². The molecule has 0 saturated carbocycles. The first-order chi connectivity index (χ1) is 9.15. The van der Waals surface area contributed by atoms with Gasteiger partial charge < -0.3 is 15.7 Å². The zero-order chi connectivity index (χ0) is 13.4. The van der Waals surface area contributed by atoms with Crippen LogP contribution in [0.2, 0.25) is 0 Å². The third-order valence-corrected chi connectivity index (χ3v) is 2.65. The van der Waals surface area contributed by atoms with Gasteiger partial charge in [-0.25, -0.2) is 9.97 Å². The van der Waals surface area contributed by atoms with Crippen LogP contribution in [0.3, 0.4) is 0 Å². The van der Waals surface area contributed by atoms with Gasteiger partial charge in [-0.05, 0) is 0 Å². The van der Waals surface area contributed by atoms with Crippen LogP contribution >= 0.6 is 0 Å². The molecule has 2 aromatic heterocycles. The van der Waals surface area contributed by atoms with Crippen molar-refractivity contribution in [3.63, 3.8) is 0 Å². The van der Waals surface area contributed by atoms with E-state index in [2.05, 4.69) is 19.9 Å². The number of nitrogens with one attached hydrogen (secondary N) is 2. The summed E-state index contributed by atoms with van der Waals surface area (Å²) in [5.41, 5.74) is 5.41. The minimum absolute atomic E-state index is 0.109. The number of hydrogen-bond donors (Lipinski definition) is 3. The fraction of sp³-hybridized carbons (Fsp3) is 0. The summed E-state index contributed by atoms with van der Waals surface area (Å²) in [6, 6.07) is 9.20. The topological polar surface area (TPSA) is 118 Å². The maximum absolute atomic E-state index is 11.3. The number of aromatic amines is 2. The number of fused-ring (bicyclic) bond motifs is 1. The van der Waals surface area contributed by atoms with Gasteiger partial charge in [-0.2, -0.15) is 0 Å². The molecule has 0 amide bonds. The second kappa shape index (κ2) is 4.05. The van der Waals surface area contributed by atoms with E-state index in [4.69, 9.17) is 5.73 Å². The Morgan fingerprint density at radius 1 is 0.947 bits per heavy atom. The Bertz CT molecular complexity index is 867. The zero-order valence-corrected chi connectivity index (χ0v) is 9.68.